The number of aliphatic carboxylic acids is 1. The molecule has 0 heterocycles. The van der Waals surface area contributed by atoms with Gasteiger partial charge >= 0.3 is 5.97 Å². The van der Waals surface area contributed by atoms with Crippen molar-refractivity contribution < 1.29 is 24.2 Å². The largest absolute Gasteiger partial charge is 0.497 e. The van der Waals surface area contributed by atoms with Crippen LogP contribution in [0.5, 0.6) is 11.5 Å². The number of carboxylic acids is 1. The molecule has 20 heavy (non-hydrogen) atoms. The monoisotopic (exact) mass is 279 g/mol. The van der Waals surface area contributed by atoms with Gasteiger partial charge in [0.25, 0.3) is 0 Å². The third-order valence-electron chi connectivity index (χ3n) is 2.50. The first-order valence-electron chi connectivity index (χ1n) is 5.96. The number of amides is 1. The van der Waals surface area contributed by atoms with Gasteiger partial charge in [-0.3, -0.25) is 4.79 Å². The van der Waals surface area contributed by atoms with Crippen molar-refractivity contribution in [2.24, 2.45) is 0 Å². The third kappa shape index (κ3) is 5.43. The van der Waals surface area contributed by atoms with E-state index in [9.17, 15) is 9.59 Å². The maximum Gasteiger partial charge on any atom is 0.328 e. The number of ether oxygens (including phenoxy) is 2. The van der Waals surface area contributed by atoms with Crippen molar-refractivity contribution in [2.45, 2.75) is 0 Å². The molecule has 0 unspecified atom stereocenters. The maximum atomic E-state index is 11.5. The zero-order valence-corrected chi connectivity index (χ0v) is 11.4. The summed E-state index contributed by atoms with van der Waals surface area (Å²) in [6, 6.07) is 7.09. The number of carbonyl (C=O) groups excluding carboxylic acids is 1. The van der Waals surface area contributed by atoms with Crippen molar-refractivity contribution in [3.05, 3.63) is 36.4 Å². The summed E-state index contributed by atoms with van der Waals surface area (Å²) < 4.78 is 10.5. The number of carbonyl (C=O) groups is 2. The average Bonchev–Trinajstić information content (AvgIpc) is 2.45. The molecule has 0 saturated carbocycles. The molecule has 1 aromatic carbocycles. The molecule has 0 fully saturated rings. The Morgan fingerprint density at radius 2 is 1.80 bits per heavy atom. The summed E-state index contributed by atoms with van der Waals surface area (Å²) in [6.07, 6.45) is 1.82. The highest BCUT2D eigenvalue weighted by Gasteiger charge is 2.05. The fourth-order valence-electron chi connectivity index (χ4n) is 1.35. The van der Waals surface area contributed by atoms with Crippen LogP contribution in [-0.2, 0) is 9.59 Å². The van der Waals surface area contributed by atoms with E-state index >= 15 is 0 Å². The lowest BCUT2D eigenvalue weighted by molar-refractivity contribution is -0.132. The topological polar surface area (TPSA) is 76.1 Å². The fraction of sp³-hybridized carbons (Fsp3) is 0.286. The second-order valence-electron chi connectivity index (χ2n) is 3.96. The Morgan fingerprint density at radius 3 is 2.35 bits per heavy atom. The smallest absolute Gasteiger partial charge is 0.328 e. The minimum Gasteiger partial charge on any atom is -0.497 e. The zero-order chi connectivity index (χ0) is 15.0. The van der Waals surface area contributed by atoms with Gasteiger partial charge in [-0.1, -0.05) is 0 Å². The summed E-state index contributed by atoms with van der Waals surface area (Å²) >= 11 is 0. The van der Waals surface area contributed by atoms with Gasteiger partial charge in [0.05, 0.1) is 13.7 Å². The van der Waals surface area contributed by atoms with Crippen molar-refractivity contribution in [2.75, 3.05) is 27.3 Å². The van der Waals surface area contributed by atoms with E-state index in [2.05, 4.69) is 0 Å². The van der Waals surface area contributed by atoms with Crippen LogP contribution >= 0.6 is 0 Å². The number of methoxy groups -OCH3 is 1. The predicted molar refractivity (Wildman–Crippen MR) is 72.9 cm³/mol. The van der Waals surface area contributed by atoms with Crippen LogP contribution in [0.3, 0.4) is 0 Å². The predicted octanol–water partition coefficient (Wildman–Crippen LogP) is 1.17. The number of likely N-dealkylation sites (N-methyl/N-ethyl adjacent to an activating group) is 1. The molecule has 0 spiro atoms. The Kier molecular flexibility index (Phi) is 6.09. The lowest BCUT2D eigenvalue weighted by Gasteiger charge is -2.15. The van der Waals surface area contributed by atoms with E-state index in [0.29, 0.717) is 18.9 Å². The van der Waals surface area contributed by atoms with Crippen LogP contribution in [0.15, 0.2) is 36.4 Å². The summed E-state index contributed by atoms with van der Waals surface area (Å²) in [4.78, 5) is 23.1. The Morgan fingerprint density at radius 1 is 1.20 bits per heavy atom. The minimum atomic E-state index is -1.15. The molecular formula is C14H17NO5. The van der Waals surface area contributed by atoms with Crippen LogP contribution in [0.2, 0.25) is 0 Å². The SMILES string of the molecule is COc1ccc(OCCN(C)C(=O)/C=C/C(=O)O)cc1. The van der Waals surface area contributed by atoms with Gasteiger partial charge in [-0.05, 0) is 24.3 Å². The first-order valence-corrected chi connectivity index (χ1v) is 5.96. The van der Waals surface area contributed by atoms with Gasteiger partial charge in [0.15, 0.2) is 0 Å². The number of hydrogen-bond acceptors (Lipinski definition) is 4. The van der Waals surface area contributed by atoms with Crippen LogP contribution in [-0.4, -0.2) is 49.2 Å². The second-order valence-corrected chi connectivity index (χ2v) is 3.96. The Hall–Kier alpha value is -2.50. The Balaban J connectivity index is 2.35. The molecule has 1 amide bonds. The molecule has 6 heteroatoms. The highest BCUT2D eigenvalue weighted by molar-refractivity contribution is 5.93. The standard InChI is InChI=1S/C14H17NO5/c1-15(13(16)7-8-14(17)18)9-10-20-12-5-3-11(19-2)4-6-12/h3-8H,9-10H2,1-2H3,(H,17,18)/b8-7+. The van der Waals surface area contributed by atoms with E-state index in [1.807, 2.05) is 0 Å². The molecule has 0 aliphatic heterocycles. The van der Waals surface area contributed by atoms with Gasteiger partial charge in [0.2, 0.25) is 5.91 Å². The number of nitrogens with zero attached hydrogens (tertiary/aromatic N) is 1. The highest BCUT2D eigenvalue weighted by Crippen LogP contribution is 2.16. The number of hydrogen-bond donors (Lipinski definition) is 1. The molecule has 108 valence electrons. The Bertz CT molecular complexity index is 481. The molecule has 1 rings (SSSR count). The van der Waals surface area contributed by atoms with Gasteiger partial charge in [0, 0.05) is 19.2 Å². The average molecular weight is 279 g/mol. The van der Waals surface area contributed by atoms with Crippen LogP contribution in [0.4, 0.5) is 0 Å². The quantitative estimate of drug-likeness (QED) is 0.758. The van der Waals surface area contributed by atoms with E-state index in [4.69, 9.17) is 14.6 Å². The van der Waals surface area contributed by atoms with Crippen LogP contribution in [0, 0.1) is 0 Å². The van der Waals surface area contributed by atoms with E-state index in [1.165, 1.54) is 4.90 Å². The van der Waals surface area contributed by atoms with Crippen LogP contribution < -0.4 is 9.47 Å². The molecule has 1 aromatic rings. The van der Waals surface area contributed by atoms with Crippen molar-refractivity contribution in [3.63, 3.8) is 0 Å². The van der Waals surface area contributed by atoms with Crippen LogP contribution in [0.1, 0.15) is 0 Å². The van der Waals surface area contributed by atoms with E-state index in [0.717, 1.165) is 17.9 Å². The van der Waals surface area contributed by atoms with Gasteiger partial charge in [-0.15, -0.1) is 0 Å². The van der Waals surface area contributed by atoms with Crippen molar-refractivity contribution in [3.8, 4) is 11.5 Å². The summed E-state index contributed by atoms with van der Waals surface area (Å²) in [5.41, 5.74) is 0. The zero-order valence-electron chi connectivity index (χ0n) is 11.4. The Labute approximate surface area is 117 Å². The first-order chi connectivity index (χ1) is 9.52. The molecule has 0 saturated heterocycles. The van der Waals surface area contributed by atoms with E-state index in [-0.39, 0.29) is 5.91 Å². The normalized spacial score (nSPS) is 10.3. The van der Waals surface area contributed by atoms with Crippen molar-refractivity contribution >= 4 is 11.9 Å². The number of carboxylic acid groups (broad SMARTS) is 1. The maximum absolute atomic E-state index is 11.5. The van der Waals surface area contributed by atoms with Gasteiger partial charge < -0.3 is 19.5 Å². The summed E-state index contributed by atoms with van der Waals surface area (Å²) in [5, 5.41) is 8.42. The van der Waals surface area contributed by atoms with Gasteiger partial charge in [-0.2, -0.15) is 0 Å². The molecule has 0 bridgehead atoms. The van der Waals surface area contributed by atoms with Crippen molar-refractivity contribution in [1.29, 1.82) is 0 Å². The number of benzene rings is 1. The van der Waals surface area contributed by atoms with E-state index < -0.39 is 5.97 Å². The van der Waals surface area contributed by atoms with Crippen molar-refractivity contribution in [1.82, 2.24) is 4.90 Å². The molecule has 0 atom stereocenters. The minimum absolute atomic E-state index is 0.315. The summed E-state index contributed by atoms with van der Waals surface area (Å²) in [7, 11) is 3.16. The fourth-order valence-corrected chi connectivity index (χ4v) is 1.35. The molecule has 0 aliphatic rings. The lowest BCUT2D eigenvalue weighted by Crippen LogP contribution is -2.29. The highest BCUT2D eigenvalue weighted by atomic mass is 16.5. The van der Waals surface area contributed by atoms with E-state index in [1.54, 1.807) is 38.4 Å². The molecular weight excluding hydrogens is 262 g/mol. The summed E-state index contributed by atoms with van der Waals surface area (Å²) in [5.74, 6) is -0.122. The molecule has 1 N–H and O–H groups in total. The van der Waals surface area contributed by atoms with Gasteiger partial charge in [0.1, 0.15) is 18.1 Å². The third-order valence-corrected chi connectivity index (χ3v) is 2.50. The molecule has 0 aromatic heterocycles. The van der Waals surface area contributed by atoms with Crippen LogP contribution in [0.25, 0.3) is 0 Å². The summed E-state index contributed by atoms with van der Waals surface area (Å²) in [6.45, 7) is 0.671. The van der Waals surface area contributed by atoms with Gasteiger partial charge in [-0.25, -0.2) is 4.79 Å². The molecule has 0 aliphatic carbocycles. The molecule has 0 radical (unpaired) electrons. The lowest BCUT2D eigenvalue weighted by atomic mass is 10.3. The molecule has 6 nitrogen and oxygen atoms in total. The second kappa shape index (κ2) is 7.83. The number of rotatable bonds is 7. The first kappa shape index (κ1) is 15.6.